The maximum absolute atomic E-state index is 10.7. The zero-order chi connectivity index (χ0) is 13.0. The van der Waals surface area contributed by atoms with Crippen molar-refractivity contribution in [3.63, 3.8) is 0 Å². The lowest BCUT2D eigenvalue weighted by Gasteiger charge is -2.20. The lowest BCUT2D eigenvalue weighted by atomic mass is 9.99. The number of halogens is 1. The number of benzene rings is 1. The molecule has 17 heavy (non-hydrogen) atoms. The van der Waals surface area contributed by atoms with Crippen LogP contribution in [0, 0.1) is 6.92 Å². The van der Waals surface area contributed by atoms with Gasteiger partial charge in [0, 0.05) is 18.5 Å². The molecule has 0 spiro atoms. The highest BCUT2D eigenvalue weighted by molar-refractivity contribution is 6.30. The molecule has 3 N–H and O–H groups in total. The van der Waals surface area contributed by atoms with Gasteiger partial charge in [-0.05, 0) is 30.2 Å². The fraction of sp³-hybridized carbons (Fsp3) is 0.417. The van der Waals surface area contributed by atoms with Crippen LogP contribution in [-0.2, 0) is 4.79 Å². The summed E-state index contributed by atoms with van der Waals surface area (Å²) in [4.78, 5) is 10.7. The molecule has 0 radical (unpaired) electrons. The third-order valence-corrected chi connectivity index (χ3v) is 2.72. The maximum Gasteiger partial charge on any atom is 0.216 e. The quantitative estimate of drug-likeness (QED) is 0.759. The molecule has 1 rings (SSSR count). The molecule has 0 aliphatic carbocycles. The van der Waals surface area contributed by atoms with Gasteiger partial charge in [-0.3, -0.25) is 4.79 Å². The van der Waals surface area contributed by atoms with Crippen molar-refractivity contribution in [3.05, 3.63) is 34.3 Å². The molecular weight excluding hydrogens is 242 g/mol. The van der Waals surface area contributed by atoms with Crippen molar-refractivity contribution in [3.8, 4) is 0 Å². The van der Waals surface area contributed by atoms with Crippen molar-refractivity contribution in [2.24, 2.45) is 0 Å². The molecule has 1 aromatic rings. The second-order valence-electron chi connectivity index (χ2n) is 3.95. The molecule has 0 saturated carbocycles. The highest BCUT2D eigenvalue weighted by Crippen LogP contribution is 2.24. The predicted octanol–water partition coefficient (Wildman–Crippen LogP) is 1.18. The minimum absolute atomic E-state index is 0.00243. The van der Waals surface area contributed by atoms with Gasteiger partial charge in [-0.2, -0.15) is 0 Å². The number of aliphatic hydroxyl groups excluding tert-OH is 2. The van der Waals surface area contributed by atoms with E-state index in [1.807, 2.05) is 6.92 Å². The van der Waals surface area contributed by atoms with Gasteiger partial charge in [0.2, 0.25) is 5.91 Å². The molecule has 0 aliphatic rings. The number of nitrogens with one attached hydrogen (secondary N) is 1. The number of carbonyl (C=O) groups is 1. The van der Waals surface area contributed by atoms with Gasteiger partial charge in [0.25, 0.3) is 0 Å². The Balaban J connectivity index is 2.77. The smallest absolute Gasteiger partial charge is 0.216 e. The summed E-state index contributed by atoms with van der Waals surface area (Å²) in [6.07, 6.45) is -2.13. The summed E-state index contributed by atoms with van der Waals surface area (Å²) in [5, 5.41) is 22.6. The average Bonchev–Trinajstić information content (AvgIpc) is 2.28. The summed E-state index contributed by atoms with van der Waals surface area (Å²) in [5.74, 6) is -0.251. The van der Waals surface area contributed by atoms with E-state index >= 15 is 0 Å². The second-order valence-corrected chi connectivity index (χ2v) is 4.39. The van der Waals surface area contributed by atoms with Crippen molar-refractivity contribution in [1.82, 2.24) is 5.32 Å². The standard InChI is InChI=1S/C12H16ClNO3/c1-7-3-4-9(13)5-10(7)12(17)11(16)6-14-8(2)15/h3-5,11-12,16-17H,6H2,1-2H3,(H,14,15). The van der Waals surface area contributed by atoms with E-state index in [9.17, 15) is 15.0 Å². The van der Waals surface area contributed by atoms with Gasteiger partial charge in [0.05, 0.1) is 0 Å². The Morgan fingerprint density at radius 1 is 1.47 bits per heavy atom. The first-order valence-corrected chi connectivity index (χ1v) is 5.66. The maximum atomic E-state index is 10.7. The van der Waals surface area contributed by atoms with Crippen molar-refractivity contribution in [2.45, 2.75) is 26.1 Å². The SMILES string of the molecule is CC(=O)NCC(O)C(O)c1cc(Cl)ccc1C. The van der Waals surface area contributed by atoms with E-state index < -0.39 is 12.2 Å². The third-order valence-electron chi connectivity index (χ3n) is 2.48. The van der Waals surface area contributed by atoms with Gasteiger partial charge in [0.1, 0.15) is 12.2 Å². The number of rotatable bonds is 4. The van der Waals surface area contributed by atoms with Gasteiger partial charge in [-0.25, -0.2) is 0 Å². The fourth-order valence-corrected chi connectivity index (χ4v) is 1.68. The molecule has 0 saturated heterocycles. The minimum atomic E-state index is -1.07. The molecule has 1 aromatic carbocycles. The Morgan fingerprint density at radius 2 is 2.12 bits per heavy atom. The number of carbonyl (C=O) groups excluding carboxylic acids is 1. The number of aryl methyl sites for hydroxylation is 1. The summed E-state index contributed by atoms with van der Waals surface area (Å²) in [6.45, 7) is 3.17. The first-order valence-electron chi connectivity index (χ1n) is 5.28. The normalized spacial score (nSPS) is 14.2. The van der Waals surface area contributed by atoms with E-state index in [0.717, 1.165) is 5.56 Å². The summed E-state index contributed by atoms with van der Waals surface area (Å²) in [7, 11) is 0. The number of hydrogen-bond donors (Lipinski definition) is 3. The Kier molecular flexibility index (Phi) is 4.93. The lowest BCUT2D eigenvalue weighted by molar-refractivity contribution is -0.119. The zero-order valence-corrected chi connectivity index (χ0v) is 10.5. The van der Waals surface area contributed by atoms with Crippen molar-refractivity contribution in [1.29, 1.82) is 0 Å². The van der Waals surface area contributed by atoms with Crippen LogP contribution in [0.2, 0.25) is 5.02 Å². The van der Waals surface area contributed by atoms with Gasteiger partial charge in [-0.1, -0.05) is 17.7 Å². The van der Waals surface area contributed by atoms with Crippen LogP contribution in [0.3, 0.4) is 0 Å². The second kappa shape index (κ2) is 6.00. The number of amides is 1. The summed E-state index contributed by atoms with van der Waals surface area (Å²) in [5.41, 5.74) is 1.40. The van der Waals surface area contributed by atoms with E-state index in [4.69, 9.17) is 11.6 Å². The lowest BCUT2D eigenvalue weighted by Crippen LogP contribution is -2.34. The Morgan fingerprint density at radius 3 is 2.71 bits per heavy atom. The van der Waals surface area contributed by atoms with Crippen LogP contribution < -0.4 is 5.32 Å². The third kappa shape index (κ3) is 4.00. The van der Waals surface area contributed by atoms with Crippen molar-refractivity contribution in [2.75, 3.05) is 6.54 Å². The largest absolute Gasteiger partial charge is 0.388 e. The Bertz CT molecular complexity index is 409. The molecule has 0 aromatic heterocycles. The molecule has 0 bridgehead atoms. The Hall–Kier alpha value is -1.10. The highest BCUT2D eigenvalue weighted by atomic mass is 35.5. The van der Waals surface area contributed by atoms with Crippen LogP contribution in [0.5, 0.6) is 0 Å². The van der Waals surface area contributed by atoms with E-state index in [-0.39, 0.29) is 12.5 Å². The van der Waals surface area contributed by atoms with E-state index in [1.165, 1.54) is 6.92 Å². The molecule has 1 amide bonds. The van der Waals surface area contributed by atoms with Gasteiger partial charge >= 0.3 is 0 Å². The molecule has 0 heterocycles. The van der Waals surface area contributed by atoms with Gasteiger partial charge in [-0.15, -0.1) is 0 Å². The molecule has 4 nitrogen and oxygen atoms in total. The first-order chi connectivity index (χ1) is 7.91. The van der Waals surface area contributed by atoms with Crippen LogP contribution >= 0.6 is 11.6 Å². The highest BCUT2D eigenvalue weighted by Gasteiger charge is 2.20. The van der Waals surface area contributed by atoms with E-state index in [2.05, 4.69) is 5.32 Å². The average molecular weight is 258 g/mol. The predicted molar refractivity (Wildman–Crippen MR) is 65.8 cm³/mol. The summed E-state index contributed by atoms with van der Waals surface area (Å²) in [6, 6.07) is 5.10. The molecule has 0 fully saturated rings. The van der Waals surface area contributed by atoms with Crippen LogP contribution in [0.4, 0.5) is 0 Å². The molecule has 2 unspecified atom stereocenters. The van der Waals surface area contributed by atoms with Gasteiger partial charge < -0.3 is 15.5 Å². The summed E-state index contributed by atoms with van der Waals surface area (Å²) >= 11 is 5.83. The molecule has 94 valence electrons. The van der Waals surface area contributed by atoms with Crippen molar-refractivity contribution < 1.29 is 15.0 Å². The van der Waals surface area contributed by atoms with Gasteiger partial charge in [0.15, 0.2) is 0 Å². The molecule has 5 heteroatoms. The summed E-state index contributed by atoms with van der Waals surface area (Å²) < 4.78 is 0. The molecule has 0 aliphatic heterocycles. The number of aliphatic hydroxyl groups is 2. The van der Waals surface area contributed by atoms with Crippen LogP contribution in [-0.4, -0.2) is 28.8 Å². The van der Waals surface area contributed by atoms with Crippen LogP contribution in [0.1, 0.15) is 24.2 Å². The number of hydrogen-bond acceptors (Lipinski definition) is 3. The Labute approximate surface area is 105 Å². The van der Waals surface area contributed by atoms with E-state index in [1.54, 1.807) is 18.2 Å². The molecule has 2 atom stereocenters. The van der Waals surface area contributed by atoms with Crippen molar-refractivity contribution >= 4 is 17.5 Å². The van der Waals surface area contributed by atoms with E-state index in [0.29, 0.717) is 10.6 Å². The fourth-order valence-electron chi connectivity index (χ4n) is 1.50. The monoisotopic (exact) mass is 257 g/mol. The minimum Gasteiger partial charge on any atom is -0.388 e. The zero-order valence-electron chi connectivity index (χ0n) is 9.77. The molecular formula is C12H16ClNO3. The van der Waals surface area contributed by atoms with Crippen LogP contribution in [0.15, 0.2) is 18.2 Å². The topological polar surface area (TPSA) is 69.6 Å². The first kappa shape index (κ1) is 14.0. The van der Waals surface area contributed by atoms with Crippen LogP contribution in [0.25, 0.3) is 0 Å².